The molecule has 0 bridgehead atoms. The molecule has 4 heteroatoms. The van der Waals surface area contributed by atoms with Crippen LogP contribution in [-0.2, 0) is 11.2 Å². The topological polar surface area (TPSA) is 41.5 Å². The number of morpholine rings is 1. The predicted molar refractivity (Wildman–Crippen MR) is 75.7 cm³/mol. The Balaban J connectivity index is 1.91. The Morgan fingerprint density at radius 1 is 1.44 bits per heavy atom. The van der Waals surface area contributed by atoms with Crippen LogP contribution < -0.4 is 5.32 Å². The number of nitrogens with one attached hydrogen (secondary N) is 1. The van der Waals surface area contributed by atoms with E-state index in [1.165, 1.54) is 0 Å². The Bertz CT molecular complexity index is 372. The second-order valence-electron chi connectivity index (χ2n) is 5.23. The van der Waals surface area contributed by atoms with Crippen molar-refractivity contribution in [3.05, 3.63) is 34.3 Å². The van der Waals surface area contributed by atoms with Crippen molar-refractivity contribution in [2.45, 2.75) is 31.4 Å². The van der Waals surface area contributed by atoms with Crippen molar-refractivity contribution in [1.29, 1.82) is 0 Å². The van der Waals surface area contributed by atoms with Crippen LogP contribution in [0.3, 0.4) is 0 Å². The SMILES string of the molecule is CC(O)(Cc1ccc(Br)cc1)CC1COCCN1. The second-order valence-corrected chi connectivity index (χ2v) is 6.15. The van der Waals surface area contributed by atoms with Gasteiger partial charge >= 0.3 is 0 Å². The first-order valence-corrected chi connectivity index (χ1v) is 7.12. The highest BCUT2D eigenvalue weighted by molar-refractivity contribution is 9.10. The lowest BCUT2D eigenvalue weighted by Gasteiger charge is -2.31. The summed E-state index contributed by atoms with van der Waals surface area (Å²) in [6, 6.07) is 8.36. The summed E-state index contributed by atoms with van der Waals surface area (Å²) in [5, 5.41) is 13.9. The fourth-order valence-corrected chi connectivity index (χ4v) is 2.66. The summed E-state index contributed by atoms with van der Waals surface area (Å²) in [5.74, 6) is 0. The largest absolute Gasteiger partial charge is 0.390 e. The van der Waals surface area contributed by atoms with Gasteiger partial charge in [-0.25, -0.2) is 0 Å². The highest BCUT2D eigenvalue weighted by atomic mass is 79.9. The Morgan fingerprint density at radius 3 is 2.78 bits per heavy atom. The fourth-order valence-electron chi connectivity index (χ4n) is 2.40. The van der Waals surface area contributed by atoms with Crippen LogP contribution in [0.2, 0.25) is 0 Å². The lowest BCUT2D eigenvalue weighted by molar-refractivity contribution is 0.00651. The maximum absolute atomic E-state index is 10.5. The highest BCUT2D eigenvalue weighted by Gasteiger charge is 2.27. The molecule has 1 aromatic carbocycles. The average molecular weight is 314 g/mol. The Hall–Kier alpha value is -0.420. The van der Waals surface area contributed by atoms with Gasteiger partial charge in [0, 0.05) is 23.5 Å². The van der Waals surface area contributed by atoms with E-state index in [0.29, 0.717) is 19.4 Å². The number of hydrogen-bond acceptors (Lipinski definition) is 3. The zero-order valence-corrected chi connectivity index (χ0v) is 12.2. The third-order valence-corrected chi connectivity index (χ3v) is 3.71. The van der Waals surface area contributed by atoms with Crippen molar-refractivity contribution in [2.75, 3.05) is 19.8 Å². The number of ether oxygens (including phenoxy) is 1. The molecule has 1 heterocycles. The summed E-state index contributed by atoms with van der Waals surface area (Å²) in [6.45, 7) is 4.23. The molecule has 3 nitrogen and oxygen atoms in total. The number of hydrogen-bond donors (Lipinski definition) is 2. The van der Waals surface area contributed by atoms with Gasteiger partial charge in [-0.3, -0.25) is 0 Å². The van der Waals surface area contributed by atoms with Gasteiger partial charge in [0.15, 0.2) is 0 Å². The van der Waals surface area contributed by atoms with Crippen molar-refractivity contribution in [3.8, 4) is 0 Å². The molecule has 1 aliphatic rings. The van der Waals surface area contributed by atoms with Crippen LogP contribution in [0.5, 0.6) is 0 Å². The molecule has 1 aliphatic heterocycles. The van der Waals surface area contributed by atoms with Crippen LogP contribution in [0, 0.1) is 0 Å². The molecule has 0 amide bonds. The third-order valence-electron chi connectivity index (χ3n) is 3.18. The molecule has 1 fully saturated rings. The van der Waals surface area contributed by atoms with Crippen LogP contribution in [0.15, 0.2) is 28.7 Å². The molecule has 0 aromatic heterocycles. The lowest BCUT2D eigenvalue weighted by atomic mass is 9.90. The van der Waals surface area contributed by atoms with Gasteiger partial charge in [0.25, 0.3) is 0 Å². The van der Waals surface area contributed by atoms with Gasteiger partial charge in [-0.05, 0) is 31.0 Å². The standard InChI is InChI=1S/C14H20BrNO2/c1-14(17,9-13-10-18-7-6-16-13)8-11-2-4-12(15)5-3-11/h2-5,13,16-17H,6-10H2,1H3. The molecule has 0 radical (unpaired) electrons. The minimum atomic E-state index is -0.702. The van der Waals surface area contributed by atoms with Gasteiger partial charge in [-0.2, -0.15) is 0 Å². The summed E-state index contributed by atoms with van der Waals surface area (Å²) in [6.07, 6.45) is 1.38. The Morgan fingerprint density at radius 2 is 2.17 bits per heavy atom. The smallest absolute Gasteiger partial charge is 0.0675 e. The predicted octanol–water partition coefficient (Wildman–Crippen LogP) is 2.12. The van der Waals surface area contributed by atoms with E-state index >= 15 is 0 Å². The van der Waals surface area contributed by atoms with E-state index in [2.05, 4.69) is 21.2 Å². The van der Waals surface area contributed by atoms with Crippen molar-refractivity contribution in [1.82, 2.24) is 5.32 Å². The van der Waals surface area contributed by atoms with Gasteiger partial charge in [0.2, 0.25) is 0 Å². The maximum atomic E-state index is 10.5. The van der Waals surface area contributed by atoms with E-state index in [0.717, 1.165) is 23.2 Å². The molecule has 0 spiro atoms. The number of halogens is 1. The van der Waals surface area contributed by atoms with Gasteiger partial charge in [0.05, 0.1) is 18.8 Å². The van der Waals surface area contributed by atoms with E-state index in [-0.39, 0.29) is 6.04 Å². The van der Waals surface area contributed by atoms with Crippen molar-refractivity contribution in [3.63, 3.8) is 0 Å². The van der Waals surface area contributed by atoms with E-state index in [9.17, 15) is 5.11 Å². The summed E-state index contributed by atoms with van der Waals surface area (Å²) in [7, 11) is 0. The first-order chi connectivity index (χ1) is 8.55. The first-order valence-electron chi connectivity index (χ1n) is 6.33. The summed E-state index contributed by atoms with van der Waals surface area (Å²) >= 11 is 3.42. The van der Waals surface area contributed by atoms with Crippen LogP contribution in [0.25, 0.3) is 0 Å². The molecule has 100 valence electrons. The van der Waals surface area contributed by atoms with E-state index in [1.807, 2.05) is 31.2 Å². The second kappa shape index (κ2) is 6.15. The third kappa shape index (κ3) is 4.35. The van der Waals surface area contributed by atoms with Crippen molar-refractivity contribution < 1.29 is 9.84 Å². The van der Waals surface area contributed by atoms with Gasteiger partial charge in [0.1, 0.15) is 0 Å². The molecule has 2 rings (SSSR count). The molecular weight excluding hydrogens is 294 g/mol. The Kier molecular flexibility index (Phi) is 4.78. The molecule has 2 N–H and O–H groups in total. The summed E-state index contributed by atoms with van der Waals surface area (Å²) in [5.41, 5.74) is 0.451. The van der Waals surface area contributed by atoms with Crippen LogP contribution >= 0.6 is 15.9 Å². The van der Waals surface area contributed by atoms with Crippen LogP contribution in [0.4, 0.5) is 0 Å². The zero-order chi connectivity index (χ0) is 13.0. The minimum absolute atomic E-state index is 0.254. The normalized spacial score (nSPS) is 23.6. The number of aliphatic hydroxyl groups is 1. The van der Waals surface area contributed by atoms with E-state index < -0.39 is 5.60 Å². The molecule has 0 saturated carbocycles. The fraction of sp³-hybridized carbons (Fsp3) is 0.571. The van der Waals surface area contributed by atoms with Crippen molar-refractivity contribution in [2.24, 2.45) is 0 Å². The highest BCUT2D eigenvalue weighted by Crippen LogP contribution is 2.21. The molecule has 2 unspecified atom stereocenters. The molecular formula is C14H20BrNO2. The minimum Gasteiger partial charge on any atom is -0.390 e. The van der Waals surface area contributed by atoms with Crippen LogP contribution in [-0.4, -0.2) is 36.5 Å². The lowest BCUT2D eigenvalue weighted by Crippen LogP contribution is -2.46. The van der Waals surface area contributed by atoms with Crippen molar-refractivity contribution >= 4 is 15.9 Å². The zero-order valence-electron chi connectivity index (χ0n) is 10.7. The van der Waals surface area contributed by atoms with Gasteiger partial charge in [-0.1, -0.05) is 28.1 Å². The molecule has 0 aliphatic carbocycles. The first kappa shape index (κ1) is 14.0. The van der Waals surface area contributed by atoms with Crippen LogP contribution in [0.1, 0.15) is 18.9 Å². The summed E-state index contributed by atoms with van der Waals surface area (Å²) in [4.78, 5) is 0. The molecule has 1 aromatic rings. The Labute approximate surface area is 117 Å². The average Bonchev–Trinajstić information content (AvgIpc) is 2.32. The van der Waals surface area contributed by atoms with Gasteiger partial charge < -0.3 is 15.2 Å². The van der Waals surface area contributed by atoms with E-state index in [1.54, 1.807) is 0 Å². The molecule has 18 heavy (non-hydrogen) atoms. The molecule has 2 atom stereocenters. The quantitative estimate of drug-likeness (QED) is 0.894. The monoisotopic (exact) mass is 313 g/mol. The molecule has 1 saturated heterocycles. The number of rotatable bonds is 4. The summed E-state index contributed by atoms with van der Waals surface area (Å²) < 4.78 is 6.48. The maximum Gasteiger partial charge on any atom is 0.0675 e. The van der Waals surface area contributed by atoms with E-state index in [4.69, 9.17) is 4.74 Å². The number of benzene rings is 1. The van der Waals surface area contributed by atoms with Gasteiger partial charge in [-0.15, -0.1) is 0 Å².